The Morgan fingerprint density at radius 1 is 1.43 bits per heavy atom. The van der Waals surface area contributed by atoms with Crippen LogP contribution in [0.25, 0.3) is 0 Å². The van der Waals surface area contributed by atoms with Gasteiger partial charge in [-0.05, 0) is 18.2 Å². The van der Waals surface area contributed by atoms with Crippen molar-refractivity contribution in [3.05, 3.63) is 35.6 Å². The summed E-state index contributed by atoms with van der Waals surface area (Å²) in [7, 11) is -0.711. The molecular formula is C13H15ClN4O4S. The molecule has 0 aliphatic heterocycles. The predicted octanol–water partition coefficient (Wildman–Crippen LogP) is 0.999. The highest BCUT2D eigenvalue weighted by Gasteiger charge is 2.17. The largest absolute Gasteiger partial charge is 0.495 e. The molecular weight excluding hydrogens is 344 g/mol. The van der Waals surface area contributed by atoms with E-state index in [0.717, 1.165) is 0 Å². The highest BCUT2D eigenvalue weighted by atomic mass is 35.5. The van der Waals surface area contributed by atoms with Crippen LogP contribution in [0.15, 0.2) is 35.5 Å². The van der Waals surface area contributed by atoms with E-state index in [-0.39, 0.29) is 4.90 Å². The fourth-order valence-corrected chi connectivity index (χ4v) is 2.95. The minimum absolute atomic E-state index is 0.0136. The molecule has 2 N–H and O–H groups in total. The number of carbonyl (C=O) groups is 1. The van der Waals surface area contributed by atoms with Crippen LogP contribution in [0.3, 0.4) is 0 Å². The Labute approximate surface area is 138 Å². The molecule has 1 heterocycles. The molecule has 0 atom stereocenters. The molecule has 0 aliphatic carbocycles. The lowest BCUT2D eigenvalue weighted by molar-refractivity contribution is -0.115. The van der Waals surface area contributed by atoms with E-state index in [1.54, 1.807) is 19.2 Å². The lowest BCUT2D eigenvalue weighted by Crippen LogP contribution is -2.32. The molecule has 2 rings (SSSR count). The number of nitrogens with zero attached hydrogens (tertiary/aromatic N) is 2. The van der Waals surface area contributed by atoms with Crippen LogP contribution in [0.1, 0.15) is 0 Å². The Hall–Kier alpha value is -2.10. The number of sulfonamides is 1. The third-order valence-corrected chi connectivity index (χ3v) is 4.50. The van der Waals surface area contributed by atoms with E-state index in [2.05, 4.69) is 15.1 Å². The first-order chi connectivity index (χ1) is 10.8. The molecule has 0 radical (unpaired) electrons. The fraction of sp³-hybridized carbons (Fsp3) is 0.231. The van der Waals surface area contributed by atoms with E-state index < -0.39 is 22.5 Å². The molecule has 0 aliphatic rings. The molecule has 1 aromatic carbocycles. The second-order valence-corrected chi connectivity index (χ2v) is 6.75. The third kappa shape index (κ3) is 4.44. The zero-order valence-electron chi connectivity index (χ0n) is 12.4. The molecule has 0 spiro atoms. The molecule has 10 heteroatoms. The Bertz CT molecular complexity index is 819. The zero-order valence-corrected chi connectivity index (χ0v) is 14.0. The Morgan fingerprint density at radius 2 is 2.17 bits per heavy atom. The average molecular weight is 359 g/mol. The summed E-state index contributed by atoms with van der Waals surface area (Å²) >= 11 is 5.95. The second-order valence-electron chi connectivity index (χ2n) is 4.57. The zero-order chi connectivity index (χ0) is 17.0. The maximum absolute atomic E-state index is 12.0. The fourth-order valence-electron chi connectivity index (χ4n) is 1.73. The number of methoxy groups -OCH3 is 1. The molecule has 1 amide bonds. The molecule has 124 valence electrons. The lowest BCUT2D eigenvalue weighted by Gasteiger charge is -2.08. The van der Waals surface area contributed by atoms with Crippen LogP contribution in [0.2, 0.25) is 5.02 Å². The number of amides is 1. The van der Waals surface area contributed by atoms with Crippen molar-refractivity contribution in [2.45, 2.75) is 4.90 Å². The summed E-state index contributed by atoms with van der Waals surface area (Å²) in [6.45, 7) is -0.416. The van der Waals surface area contributed by atoms with Crippen LogP contribution in [0, 0.1) is 0 Å². The van der Waals surface area contributed by atoms with Gasteiger partial charge in [-0.2, -0.15) is 5.10 Å². The topological polar surface area (TPSA) is 102 Å². The molecule has 0 saturated carbocycles. The molecule has 2 aromatic rings. The van der Waals surface area contributed by atoms with Gasteiger partial charge in [0.1, 0.15) is 10.6 Å². The van der Waals surface area contributed by atoms with Gasteiger partial charge >= 0.3 is 0 Å². The highest BCUT2D eigenvalue weighted by molar-refractivity contribution is 7.89. The van der Waals surface area contributed by atoms with Crippen LogP contribution in [-0.2, 0) is 21.9 Å². The molecule has 1 aromatic heterocycles. The van der Waals surface area contributed by atoms with Crippen LogP contribution in [0.5, 0.6) is 5.75 Å². The number of aromatic nitrogens is 2. The van der Waals surface area contributed by atoms with E-state index in [1.165, 1.54) is 30.3 Å². The van der Waals surface area contributed by atoms with Crippen LogP contribution >= 0.6 is 11.6 Å². The van der Waals surface area contributed by atoms with Gasteiger partial charge in [0.05, 0.1) is 24.9 Å². The van der Waals surface area contributed by atoms with Gasteiger partial charge in [0, 0.05) is 18.9 Å². The number of aryl methyl sites for hydroxylation is 1. The van der Waals surface area contributed by atoms with Crippen LogP contribution < -0.4 is 14.8 Å². The first kappa shape index (κ1) is 17.3. The summed E-state index contributed by atoms with van der Waals surface area (Å²) < 4.78 is 32.5. The molecule has 0 bridgehead atoms. The smallest absolute Gasteiger partial charge is 0.244 e. The predicted molar refractivity (Wildman–Crippen MR) is 85.0 cm³/mol. The van der Waals surface area contributed by atoms with Crippen molar-refractivity contribution < 1.29 is 17.9 Å². The van der Waals surface area contributed by atoms with E-state index in [4.69, 9.17) is 16.3 Å². The lowest BCUT2D eigenvalue weighted by atomic mass is 10.3. The monoisotopic (exact) mass is 358 g/mol. The summed E-state index contributed by atoms with van der Waals surface area (Å²) in [5.41, 5.74) is 0.432. The van der Waals surface area contributed by atoms with Crippen molar-refractivity contribution in [1.82, 2.24) is 14.5 Å². The maximum atomic E-state index is 12.0. The van der Waals surface area contributed by atoms with Gasteiger partial charge in [-0.3, -0.25) is 9.48 Å². The molecule has 0 unspecified atom stereocenters. The normalized spacial score (nSPS) is 11.3. The Balaban J connectivity index is 1.96. The standard InChI is InChI=1S/C13H15ClN4O4S/c1-18-8-10(6-15-18)23(20,21)16-7-13(19)17-9-3-4-12(22-2)11(14)5-9/h3-6,8,16H,7H2,1-2H3,(H,17,19). The molecule has 23 heavy (non-hydrogen) atoms. The van der Waals surface area contributed by atoms with Gasteiger partial charge in [-0.25, -0.2) is 13.1 Å². The van der Waals surface area contributed by atoms with E-state index in [1.807, 2.05) is 0 Å². The summed E-state index contributed by atoms with van der Waals surface area (Å²) in [5.74, 6) is -0.0550. The van der Waals surface area contributed by atoms with Crippen molar-refractivity contribution in [3.8, 4) is 5.75 Å². The number of halogens is 1. The Kier molecular flexibility index (Phi) is 5.24. The summed E-state index contributed by atoms with van der Waals surface area (Å²) in [6, 6.07) is 4.70. The number of hydrogen-bond donors (Lipinski definition) is 2. The number of nitrogens with one attached hydrogen (secondary N) is 2. The second kappa shape index (κ2) is 6.99. The van der Waals surface area contributed by atoms with E-state index >= 15 is 0 Å². The minimum Gasteiger partial charge on any atom is -0.495 e. The third-order valence-electron chi connectivity index (χ3n) is 2.85. The summed E-state index contributed by atoms with van der Waals surface area (Å²) in [6.07, 6.45) is 2.53. The summed E-state index contributed by atoms with van der Waals surface area (Å²) in [4.78, 5) is 11.8. The molecule has 8 nitrogen and oxygen atoms in total. The number of rotatable bonds is 6. The number of carbonyl (C=O) groups excluding carboxylic acids is 1. The Morgan fingerprint density at radius 3 is 2.74 bits per heavy atom. The van der Waals surface area contributed by atoms with Crippen molar-refractivity contribution in [2.24, 2.45) is 7.05 Å². The van der Waals surface area contributed by atoms with Gasteiger partial charge < -0.3 is 10.1 Å². The highest BCUT2D eigenvalue weighted by Crippen LogP contribution is 2.27. The maximum Gasteiger partial charge on any atom is 0.244 e. The van der Waals surface area contributed by atoms with Gasteiger partial charge in [-0.15, -0.1) is 0 Å². The number of benzene rings is 1. The van der Waals surface area contributed by atoms with Crippen molar-refractivity contribution in [1.29, 1.82) is 0 Å². The minimum atomic E-state index is -3.79. The summed E-state index contributed by atoms with van der Waals surface area (Å²) in [5, 5.41) is 6.65. The van der Waals surface area contributed by atoms with E-state index in [0.29, 0.717) is 16.5 Å². The van der Waals surface area contributed by atoms with Crippen LogP contribution in [-0.4, -0.2) is 37.8 Å². The average Bonchev–Trinajstić information content (AvgIpc) is 2.93. The van der Waals surface area contributed by atoms with Crippen LogP contribution in [0.4, 0.5) is 5.69 Å². The number of ether oxygens (including phenoxy) is 1. The quantitative estimate of drug-likeness (QED) is 0.802. The van der Waals surface area contributed by atoms with Crippen molar-refractivity contribution in [2.75, 3.05) is 19.0 Å². The first-order valence-electron chi connectivity index (χ1n) is 6.43. The van der Waals surface area contributed by atoms with Crippen molar-refractivity contribution in [3.63, 3.8) is 0 Å². The van der Waals surface area contributed by atoms with Gasteiger partial charge in [0.15, 0.2) is 0 Å². The SMILES string of the molecule is COc1ccc(NC(=O)CNS(=O)(=O)c2cnn(C)c2)cc1Cl. The number of hydrogen-bond acceptors (Lipinski definition) is 5. The number of anilines is 1. The molecule has 0 fully saturated rings. The van der Waals surface area contributed by atoms with Crippen molar-refractivity contribution >= 4 is 33.2 Å². The van der Waals surface area contributed by atoms with E-state index in [9.17, 15) is 13.2 Å². The molecule has 0 saturated heterocycles. The first-order valence-corrected chi connectivity index (χ1v) is 8.29. The van der Waals surface area contributed by atoms with Gasteiger partial charge in [0.25, 0.3) is 0 Å². The van der Waals surface area contributed by atoms with Gasteiger partial charge in [0.2, 0.25) is 15.9 Å². The van der Waals surface area contributed by atoms with Gasteiger partial charge in [-0.1, -0.05) is 11.6 Å².